The number of hydrogen-bond donors (Lipinski definition) is 0. The van der Waals surface area contributed by atoms with Crippen molar-refractivity contribution in [2.45, 2.75) is 0 Å². The molecule has 10 rings (SSSR count). The third-order valence-corrected chi connectivity index (χ3v) is 11.2. The Labute approximate surface area is 266 Å². The predicted molar refractivity (Wildman–Crippen MR) is 193 cm³/mol. The summed E-state index contributed by atoms with van der Waals surface area (Å²) in [6.07, 6.45) is 0. The largest absolute Gasteiger partial charge is 0.309 e. The summed E-state index contributed by atoms with van der Waals surface area (Å²) in [5, 5.41) is 6.42. The van der Waals surface area contributed by atoms with Gasteiger partial charge in [0, 0.05) is 57.8 Å². The molecule has 0 radical (unpaired) electrons. The Morgan fingerprint density at radius 2 is 1.11 bits per heavy atom. The zero-order valence-electron chi connectivity index (χ0n) is 23.9. The molecule has 10 aromatic rings. The molecule has 0 bridgehead atoms. The average molecular weight is 610 g/mol. The highest BCUT2D eigenvalue weighted by molar-refractivity contribution is 7.27. The van der Waals surface area contributed by atoms with E-state index in [0.29, 0.717) is 0 Å². The van der Waals surface area contributed by atoms with Crippen molar-refractivity contribution in [1.82, 2.24) is 14.5 Å². The van der Waals surface area contributed by atoms with Crippen molar-refractivity contribution in [2.24, 2.45) is 0 Å². The fourth-order valence-electron chi connectivity index (χ4n) is 6.78. The van der Waals surface area contributed by atoms with E-state index in [-0.39, 0.29) is 0 Å². The van der Waals surface area contributed by atoms with Gasteiger partial charge in [-0.05, 0) is 48.5 Å². The molecule has 6 aromatic carbocycles. The van der Waals surface area contributed by atoms with Gasteiger partial charge in [-0.3, -0.25) is 0 Å². The average Bonchev–Trinajstić information content (AvgIpc) is 3.78. The quantitative estimate of drug-likeness (QED) is 0.199. The van der Waals surface area contributed by atoms with Crippen LogP contribution in [0.5, 0.6) is 0 Å². The van der Waals surface area contributed by atoms with Crippen LogP contribution in [0.15, 0.2) is 140 Å². The highest BCUT2D eigenvalue weighted by Crippen LogP contribution is 2.44. The van der Waals surface area contributed by atoms with Crippen LogP contribution in [0.2, 0.25) is 0 Å². The van der Waals surface area contributed by atoms with E-state index in [4.69, 9.17) is 9.97 Å². The van der Waals surface area contributed by atoms with Crippen LogP contribution in [-0.2, 0) is 0 Å². The molecule has 0 N–H and O–H groups in total. The molecule has 0 saturated heterocycles. The number of aromatic nitrogens is 3. The molecule has 4 aromatic heterocycles. The Hall–Kier alpha value is -5.36. The maximum absolute atomic E-state index is 5.18. The van der Waals surface area contributed by atoms with E-state index < -0.39 is 0 Å². The van der Waals surface area contributed by atoms with Crippen molar-refractivity contribution in [1.29, 1.82) is 0 Å². The lowest BCUT2D eigenvalue weighted by atomic mass is 10.1. The number of fused-ring (bicyclic) bond motifs is 10. The Kier molecular flexibility index (Phi) is 5.32. The maximum atomic E-state index is 5.18. The van der Waals surface area contributed by atoms with Gasteiger partial charge in [0.25, 0.3) is 0 Å². The van der Waals surface area contributed by atoms with Gasteiger partial charge in [0.15, 0.2) is 5.82 Å². The molecule has 5 heteroatoms. The number of para-hydroxylation sites is 1. The molecular formula is C40H23N3S2. The fourth-order valence-corrected chi connectivity index (χ4v) is 9.20. The highest BCUT2D eigenvalue weighted by Gasteiger charge is 2.19. The van der Waals surface area contributed by atoms with Gasteiger partial charge in [-0.1, -0.05) is 91.0 Å². The van der Waals surface area contributed by atoms with Gasteiger partial charge < -0.3 is 4.57 Å². The molecule has 45 heavy (non-hydrogen) atoms. The molecule has 0 atom stereocenters. The molecule has 4 heterocycles. The van der Waals surface area contributed by atoms with Crippen molar-refractivity contribution >= 4 is 85.0 Å². The smallest absolute Gasteiger partial charge is 0.160 e. The van der Waals surface area contributed by atoms with E-state index in [1.54, 1.807) is 11.3 Å². The van der Waals surface area contributed by atoms with Gasteiger partial charge in [0.05, 0.1) is 26.9 Å². The minimum absolute atomic E-state index is 0.741. The van der Waals surface area contributed by atoms with Gasteiger partial charge in [-0.2, -0.15) is 0 Å². The van der Waals surface area contributed by atoms with Crippen LogP contribution in [0.25, 0.3) is 90.6 Å². The van der Waals surface area contributed by atoms with Crippen LogP contribution in [0, 0.1) is 0 Å². The first kappa shape index (κ1) is 25.0. The first-order chi connectivity index (χ1) is 22.3. The second-order valence-electron chi connectivity index (χ2n) is 11.4. The van der Waals surface area contributed by atoms with Gasteiger partial charge >= 0.3 is 0 Å². The molecule has 0 unspecified atom stereocenters. The van der Waals surface area contributed by atoms with E-state index in [9.17, 15) is 0 Å². The summed E-state index contributed by atoms with van der Waals surface area (Å²) in [6, 6.07) is 49.8. The van der Waals surface area contributed by atoms with Crippen LogP contribution in [0.4, 0.5) is 0 Å². The molecular weight excluding hydrogens is 587 g/mol. The molecule has 0 saturated carbocycles. The number of hydrogen-bond acceptors (Lipinski definition) is 4. The number of benzene rings is 6. The van der Waals surface area contributed by atoms with Crippen LogP contribution in [-0.4, -0.2) is 14.5 Å². The summed E-state index contributed by atoms with van der Waals surface area (Å²) in [5.74, 6) is 0.741. The van der Waals surface area contributed by atoms with E-state index in [2.05, 4.69) is 138 Å². The minimum atomic E-state index is 0.741. The maximum Gasteiger partial charge on any atom is 0.160 e. The molecule has 0 amide bonds. The van der Waals surface area contributed by atoms with Gasteiger partial charge in [0.2, 0.25) is 0 Å². The van der Waals surface area contributed by atoms with Gasteiger partial charge in [-0.15, -0.1) is 22.7 Å². The van der Waals surface area contributed by atoms with Crippen molar-refractivity contribution in [3.63, 3.8) is 0 Å². The summed E-state index contributed by atoms with van der Waals surface area (Å²) in [7, 11) is 0. The van der Waals surface area contributed by atoms with Crippen molar-refractivity contribution < 1.29 is 0 Å². The number of rotatable bonds is 3. The summed E-state index contributed by atoms with van der Waals surface area (Å²) < 4.78 is 7.42. The topological polar surface area (TPSA) is 30.7 Å². The molecule has 0 fully saturated rings. The first-order valence-corrected chi connectivity index (χ1v) is 16.6. The molecule has 210 valence electrons. The van der Waals surface area contributed by atoms with Gasteiger partial charge in [-0.25, -0.2) is 9.97 Å². The number of nitrogens with zero attached hydrogens (tertiary/aromatic N) is 3. The molecule has 3 nitrogen and oxygen atoms in total. The third-order valence-electron chi connectivity index (χ3n) is 8.83. The summed E-state index contributed by atoms with van der Waals surface area (Å²) in [4.78, 5) is 10.3. The molecule has 0 aliphatic rings. The van der Waals surface area contributed by atoms with E-state index in [0.717, 1.165) is 38.5 Å². The standard InChI is InChI=1S/C40H23N3S2/c1-2-10-24(11-3-1)36-39-37(30-14-6-9-17-34(30)45-39)42-40(41-36)25-18-20-26(21-19-25)43-31-15-7-4-13-29(31)35-32(43)23-22-28-27-12-5-8-16-33(27)44-38(28)35/h1-23H. The summed E-state index contributed by atoms with van der Waals surface area (Å²) in [6.45, 7) is 0. The SMILES string of the molecule is c1ccc(-c2nc(-c3ccc(-n4c5ccccc5c5c6sc7ccccc7c6ccc54)cc3)nc3c2sc2ccccc23)cc1. The Balaban J connectivity index is 1.17. The molecule has 0 aliphatic carbocycles. The molecule has 0 aliphatic heterocycles. The highest BCUT2D eigenvalue weighted by atomic mass is 32.1. The summed E-state index contributed by atoms with van der Waals surface area (Å²) in [5.41, 5.74) is 7.65. The van der Waals surface area contributed by atoms with Crippen molar-refractivity contribution in [3.05, 3.63) is 140 Å². The third kappa shape index (κ3) is 3.69. The first-order valence-electron chi connectivity index (χ1n) is 15.0. The zero-order chi connectivity index (χ0) is 29.5. The lowest BCUT2D eigenvalue weighted by Gasteiger charge is -2.10. The number of thiophene rings is 2. The second kappa shape index (κ2) is 9.57. The zero-order valence-corrected chi connectivity index (χ0v) is 25.6. The fraction of sp³-hybridized carbons (Fsp3) is 0. The van der Waals surface area contributed by atoms with E-state index >= 15 is 0 Å². The van der Waals surface area contributed by atoms with E-state index in [1.165, 1.54) is 52.1 Å². The lowest BCUT2D eigenvalue weighted by Crippen LogP contribution is -1.96. The van der Waals surface area contributed by atoms with Crippen LogP contribution in [0.3, 0.4) is 0 Å². The minimum Gasteiger partial charge on any atom is -0.309 e. The Morgan fingerprint density at radius 3 is 1.93 bits per heavy atom. The Bertz CT molecular complexity index is 2750. The second-order valence-corrected chi connectivity index (χ2v) is 13.5. The predicted octanol–water partition coefficient (Wildman–Crippen LogP) is 11.6. The Morgan fingerprint density at radius 1 is 0.444 bits per heavy atom. The van der Waals surface area contributed by atoms with Crippen LogP contribution >= 0.6 is 22.7 Å². The van der Waals surface area contributed by atoms with Crippen LogP contribution in [0.1, 0.15) is 0 Å². The van der Waals surface area contributed by atoms with Crippen molar-refractivity contribution in [3.8, 4) is 28.3 Å². The van der Waals surface area contributed by atoms with Crippen LogP contribution < -0.4 is 0 Å². The monoisotopic (exact) mass is 609 g/mol. The molecule has 0 spiro atoms. The van der Waals surface area contributed by atoms with E-state index in [1.807, 2.05) is 17.4 Å². The normalized spacial score (nSPS) is 12.0. The van der Waals surface area contributed by atoms with Gasteiger partial charge in [0.1, 0.15) is 0 Å². The summed E-state index contributed by atoms with van der Waals surface area (Å²) >= 11 is 3.65. The van der Waals surface area contributed by atoms with Crippen molar-refractivity contribution in [2.75, 3.05) is 0 Å². The lowest BCUT2D eigenvalue weighted by molar-refractivity contribution is 1.18.